The summed E-state index contributed by atoms with van der Waals surface area (Å²) in [5, 5.41) is 6.27. The third kappa shape index (κ3) is 5.32. The maximum atomic E-state index is 13.0. The molecule has 0 spiro atoms. The molecule has 1 saturated heterocycles. The summed E-state index contributed by atoms with van der Waals surface area (Å²) >= 11 is 0. The van der Waals surface area contributed by atoms with Gasteiger partial charge in [0.05, 0.1) is 5.41 Å². The number of ether oxygens (including phenoxy) is 1. The number of rotatable bonds is 5. The first-order valence-electron chi connectivity index (χ1n) is 8.29. The van der Waals surface area contributed by atoms with E-state index in [1.807, 2.05) is 6.92 Å². The van der Waals surface area contributed by atoms with Crippen molar-refractivity contribution in [2.45, 2.75) is 51.9 Å². The van der Waals surface area contributed by atoms with Gasteiger partial charge in [-0.1, -0.05) is 0 Å². The highest BCUT2D eigenvalue weighted by molar-refractivity contribution is 5.82. The average molecular weight is 359 g/mol. The van der Waals surface area contributed by atoms with E-state index in [4.69, 9.17) is 4.74 Å². The molecule has 1 aromatic rings. The minimum absolute atomic E-state index is 0.0589. The molecular formula is C17H24F3N3O2. The second-order valence-corrected chi connectivity index (χ2v) is 7.08. The van der Waals surface area contributed by atoms with Crippen molar-refractivity contribution in [3.05, 3.63) is 23.9 Å². The standard InChI is InChI=1S/C17H24F3N3O2/c1-11-9-12(6-8-21-11)23-15(24)16(2,3)10-25-14-13(17(18,19)20)5-4-7-22-14/h4-5,7,11-12,21H,6,8-10H2,1-3H3,(H,23,24)/t11-,12-/m0/s1. The largest absolute Gasteiger partial charge is 0.476 e. The highest BCUT2D eigenvalue weighted by Crippen LogP contribution is 2.35. The minimum Gasteiger partial charge on any atom is -0.476 e. The molecule has 1 aromatic heterocycles. The molecule has 0 unspecified atom stereocenters. The van der Waals surface area contributed by atoms with Gasteiger partial charge in [-0.05, 0) is 52.3 Å². The van der Waals surface area contributed by atoms with Crippen LogP contribution in [0, 0.1) is 5.41 Å². The molecule has 0 bridgehead atoms. The van der Waals surface area contributed by atoms with Crippen LogP contribution < -0.4 is 15.4 Å². The van der Waals surface area contributed by atoms with Crippen molar-refractivity contribution < 1.29 is 22.7 Å². The summed E-state index contributed by atoms with van der Waals surface area (Å²) in [6, 6.07) is 2.49. The van der Waals surface area contributed by atoms with Crippen molar-refractivity contribution in [3.63, 3.8) is 0 Å². The topological polar surface area (TPSA) is 63.2 Å². The van der Waals surface area contributed by atoms with Crippen LogP contribution in [-0.2, 0) is 11.0 Å². The Balaban J connectivity index is 1.98. The van der Waals surface area contributed by atoms with Crippen LogP contribution in [-0.4, -0.2) is 36.1 Å². The Labute approximate surface area is 145 Å². The molecule has 5 nitrogen and oxygen atoms in total. The third-order valence-corrected chi connectivity index (χ3v) is 4.22. The van der Waals surface area contributed by atoms with Gasteiger partial charge >= 0.3 is 6.18 Å². The first kappa shape index (κ1) is 19.5. The second-order valence-electron chi connectivity index (χ2n) is 7.08. The minimum atomic E-state index is -4.55. The monoisotopic (exact) mass is 359 g/mol. The summed E-state index contributed by atoms with van der Waals surface area (Å²) < 4.78 is 44.2. The molecule has 2 atom stereocenters. The molecule has 25 heavy (non-hydrogen) atoms. The maximum Gasteiger partial charge on any atom is 0.421 e. The highest BCUT2D eigenvalue weighted by atomic mass is 19.4. The maximum absolute atomic E-state index is 13.0. The van der Waals surface area contributed by atoms with Crippen molar-refractivity contribution in [1.29, 1.82) is 0 Å². The first-order chi connectivity index (χ1) is 11.6. The number of alkyl halides is 3. The Morgan fingerprint density at radius 1 is 1.44 bits per heavy atom. The van der Waals surface area contributed by atoms with Gasteiger partial charge in [0.2, 0.25) is 11.8 Å². The SMILES string of the molecule is C[C@H]1C[C@@H](NC(=O)C(C)(C)COc2ncccc2C(F)(F)F)CCN1. The van der Waals surface area contributed by atoms with E-state index >= 15 is 0 Å². The van der Waals surface area contributed by atoms with E-state index < -0.39 is 23.0 Å². The number of piperidine rings is 1. The zero-order valence-corrected chi connectivity index (χ0v) is 14.6. The van der Waals surface area contributed by atoms with Crippen LogP contribution in [0.15, 0.2) is 18.3 Å². The fourth-order valence-electron chi connectivity index (χ4n) is 2.68. The number of hydrogen-bond donors (Lipinski definition) is 2. The average Bonchev–Trinajstić information content (AvgIpc) is 2.52. The lowest BCUT2D eigenvalue weighted by molar-refractivity contribution is -0.139. The van der Waals surface area contributed by atoms with Gasteiger partial charge < -0.3 is 15.4 Å². The molecule has 2 heterocycles. The molecule has 2 N–H and O–H groups in total. The number of carbonyl (C=O) groups is 1. The summed E-state index contributed by atoms with van der Waals surface area (Å²) in [6.45, 7) is 5.96. The Kier molecular flexibility index (Phi) is 5.92. The highest BCUT2D eigenvalue weighted by Gasteiger charge is 2.37. The van der Waals surface area contributed by atoms with Gasteiger partial charge in [0.25, 0.3) is 0 Å². The Bertz CT molecular complexity index is 605. The van der Waals surface area contributed by atoms with Crippen LogP contribution in [0.2, 0.25) is 0 Å². The van der Waals surface area contributed by atoms with Crippen molar-refractivity contribution in [2.24, 2.45) is 5.41 Å². The normalized spacial score (nSPS) is 21.7. The van der Waals surface area contributed by atoms with Gasteiger partial charge in [-0.25, -0.2) is 4.98 Å². The van der Waals surface area contributed by atoms with Gasteiger partial charge in [-0.15, -0.1) is 0 Å². The predicted octanol–water partition coefficient (Wildman–Crippen LogP) is 2.76. The van der Waals surface area contributed by atoms with Crippen molar-refractivity contribution in [3.8, 4) is 5.88 Å². The van der Waals surface area contributed by atoms with Crippen LogP contribution in [0.5, 0.6) is 5.88 Å². The van der Waals surface area contributed by atoms with Gasteiger partial charge in [-0.3, -0.25) is 4.79 Å². The van der Waals surface area contributed by atoms with Gasteiger partial charge in [0.15, 0.2) is 0 Å². The van der Waals surface area contributed by atoms with Crippen molar-refractivity contribution in [2.75, 3.05) is 13.2 Å². The van der Waals surface area contributed by atoms with Crippen molar-refractivity contribution in [1.82, 2.24) is 15.6 Å². The number of halogens is 3. The lowest BCUT2D eigenvalue weighted by Crippen LogP contribution is -2.51. The summed E-state index contributed by atoms with van der Waals surface area (Å²) in [4.78, 5) is 16.1. The van der Waals surface area contributed by atoms with E-state index in [1.54, 1.807) is 13.8 Å². The zero-order chi connectivity index (χ0) is 18.7. The molecule has 140 valence electrons. The van der Waals surface area contributed by atoms with E-state index in [9.17, 15) is 18.0 Å². The number of carbonyl (C=O) groups excluding carboxylic acids is 1. The number of pyridine rings is 1. The second kappa shape index (κ2) is 7.59. The molecule has 1 aliphatic heterocycles. The fraction of sp³-hybridized carbons (Fsp3) is 0.647. The summed E-state index contributed by atoms with van der Waals surface area (Å²) in [6.07, 6.45) is -1.68. The number of hydrogen-bond acceptors (Lipinski definition) is 4. The Morgan fingerprint density at radius 2 is 2.16 bits per heavy atom. The Hall–Kier alpha value is -1.83. The predicted molar refractivity (Wildman–Crippen MR) is 87.1 cm³/mol. The smallest absolute Gasteiger partial charge is 0.421 e. The van der Waals surface area contributed by atoms with Crippen LogP contribution in [0.1, 0.15) is 39.2 Å². The summed E-state index contributed by atoms with van der Waals surface area (Å²) in [7, 11) is 0. The Morgan fingerprint density at radius 3 is 2.80 bits per heavy atom. The molecule has 1 amide bonds. The number of nitrogens with zero attached hydrogens (tertiary/aromatic N) is 1. The lowest BCUT2D eigenvalue weighted by atomic mass is 9.91. The molecule has 2 rings (SSSR count). The number of amides is 1. The number of aromatic nitrogens is 1. The fourth-order valence-corrected chi connectivity index (χ4v) is 2.68. The molecule has 8 heteroatoms. The van der Waals surface area contributed by atoms with Gasteiger partial charge in [0, 0.05) is 18.3 Å². The van der Waals surface area contributed by atoms with E-state index in [0.717, 1.165) is 25.5 Å². The van der Waals surface area contributed by atoms with E-state index in [0.29, 0.717) is 6.04 Å². The molecule has 0 saturated carbocycles. The van der Waals surface area contributed by atoms with Crippen LogP contribution in [0.4, 0.5) is 13.2 Å². The lowest BCUT2D eigenvalue weighted by Gasteiger charge is -2.32. The molecule has 0 aromatic carbocycles. The molecule has 0 aliphatic carbocycles. The summed E-state index contributed by atoms with van der Waals surface area (Å²) in [5.41, 5.74) is -1.92. The first-order valence-corrected chi connectivity index (χ1v) is 8.29. The van der Waals surface area contributed by atoms with E-state index in [1.165, 1.54) is 12.3 Å². The van der Waals surface area contributed by atoms with E-state index in [-0.39, 0.29) is 18.6 Å². The molecule has 1 fully saturated rings. The summed E-state index contributed by atoms with van der Waals surface area (Å²) in [5.74, 6) is -0.748. The van der Waals surface area contributed by atoms with Crippen LogP contribution in [0.25, 0.3) is 0 Å². The quantitative estimate of drug-likeness (QED) is 0.849. The van der Waals surface area contributed by atoms with Gasteiger partial charge in [-0.2, -0.15) is 13.2 Å². The van der Waals surface area contributed by atoms with Crippen LogP contribution in [0.3, 0.4) is 0 Å². The van der Waals surface area contributed by atoms with E-state index in [2.05, 4.69) is 15.6 Å². The molecule has 0 radical (unpaired) electrons. The third-order valence-electron chi connectivity index (χ3n) is 4.22. The van der Waals surface area contributed by atoms with Crippen molar-refractivity contribution >= 4 is 5.91 Å². The molecule has 1 aliphatic rings. The molecular weight excluding hydrogens is 335 g/mol. The zero-order valence-electron chi connectivity index (χ0n) is 14.6. The van der Waals surface area contributed by atoms with Crippen LogP contribution >= 0.6 is 0 Å². The number of nitrogens with one attached hydrogen (secondary N) is 2. The van der Waals surface area contributed by atoms with Gasteiger partial charge in [0.1, 0.15) is 12.2 Å².